The van der Waals surface area contributed by atoms with Gasteiger partial charge in [0.15, 0.2) is 6.29 Å². The third kappa shape index (κ3) is 12.7. The Morgan fingerprint density at radius 3 is 2.07 bits per heavy atom. The van der Waals surface area contributed by atoms with Crippen molar-refractivity contribution in [3.63, 3.8) is 0 Å². The molecule has 14 heteroatoms. The zero-order chi connectivity index (χ0) is 31.2. The molecule has 2 amide bonds. The molecule has 5 atom stereocenters. The van der Waals surface area contributed by atoms with Gasteiger partial charge in [0.1, 0.15) is 6.04 Å². The lowest BCUT2D eigenvalue weighted by atomic mass is 10.1. The highest BCUT2D eigenvalue weighted by Gasteiger charge is 2.36. The van der Waals surface area contributed by atoms with E-state index in [-0.39, 0.29) is 41.0 Å². The molecule has 2 heterocycles. The molecule has 3 N–H and O–H groups in total. The second kappa shape index (κ2) is 19.6. The van der Waals surface area contributed by atoms with Crippen molar-refractivity contribution in [2.24, 2.45) is 11.8 Å². The van der Waals surface area contributed by atoms with Crippen LogP contribution in [0.4, 0.5) is 0 Å². The van der Waals surface area contributed by atoms with E-state index in [2.05, 4.69) is 0 Å². The molecule has 2 saturated heterocycles. The van der Waals surface area contributed by atoms with Crippen molar-refractivity contribution in [2.45, 2.75) is 109 Å². The standard InChI is InChI=1S/C28H48N2O8S4/c1-18(2)38-24(31)12-6-5-9-21(42-41-16-20(4)26(33)30-14-8-11-23(30)28(36)37)17-40-39-15-19(3)25(32)29-13-7-10-22(29)27(34)35/h18-23,28,36-37H,5-17H2,1-4H3,(H,34,35). The van der Waals surface area contributed by atoms with Crippen molar-refractivity contribution in [1.82, 2.24) is 9.80 Å². The first-order valence-electron chi connectivity index (χ1n) is 14.8. The van der Waals surface area contributed by atoms with Gasteiger partial charge in [-0.2, -0.15) is 0 Å². The molecular formula is C28H48N2O8S4. The maximum Gasteiger partial charge on any atom is 0.326 e. The number of aliphatic hydroxyl groups is 2. The highest BCUT2D eigenvalue weighted by molar-refractivity contribution is 8.78. The summed E-state index contributed by atoms with van der Waals surface area (Å²) in [5.41, 5.74) is 0. The lowest BCUT2D eigenvalue weighted by Gasteiger charge is -2.28. The van der Waals surface area contributed by atoms with Gasteiger partial charge in [0.05, 0.1) is 12.1 Å². The topological polar surface area (TPSA) is 145 Å². The Labute approximate surface area is 266 Å². The van der Waals surface area contributed by atoms with Crippen molar-refractivity contribution in [2.75, 3.05) is 30.3 Å². The summed E-state index contributed by atoms with van der Waals surface area (Å²) in [7, 11) is 6.68. The molecule has 42 heavy (non-hydrogen) atoms. The van der Waals surface area contributed by atoms with E-state index in [9.17, 15) is 34.5 Å². The molecule has 0 aliphatic carbocycles. The molecular weight excluding hydrogens is 621 g/mol. The number of likely N-dealkylation sites (tertiary alicyclic amines) is 2. The van der Waals surface area contributed by atoms with Crippen LogP contribution in [0, 0.1) is 11.8 Å². The number of rotatable bonds is 19. The van der Waals surface area contributed by atoms with Gasteiger partial charge in [-0.25, -0.2) is 4.79 Å². The van der Waals surface area contributed by atoms with E-state index in [0.717, 1.165) is 37.9 Å². The van der Waals surface area contributed by atoms with Crippen LogP contribution in [0.25, 0.3) is 0 Å². The first-order valence-corrected chi connectivity index (χ1v) is 19.7. The molecule has 0 bridgehead atoms. The molecule has 0 aromatic rings. The quantitative estimate of drug-likeness (QED) is 0.0782. The summed E-state index contributed by atoms with van der Waals surface area (Å²) in [6, 6.07) is -1.25. The van der Waals surface area contributed by atoms with Crippen LogP contribution in [-0.2, 0) is 23.9 Å². The highest BCUT2D eigenvalue weighted by atomic mass is 33.1. The van der Waals surface area contributed by atoms with Gasteiger partial charge >= 0.3 is 11.9 Å². The fraction of sp³-hybridized carbons (Fsp3) is 0.857. The fourth-order valence-electron chi connectivity index (χ4n) is 5.01. The van der Waals surface area contributed by atoms with Crippen molar-refractivity contribution in [3.8, 4) is 0 Å². The molecule has 2 fully saturated rings. The normalized spacial score (nSPS) is 21.1. The molecule has 0 radical (unpaired) electrons. The molecule has 5 unspecified atom stereocenters. The molecule has 2 aliphatic heterocycles. The van der Waals surface area contributed by atoms with Gasteiger partial charge in [-0.15, -0.1) is 0 Å². The van der Waals surface area contributed by atoms with Gasteiger partial charge in [-0.3, -0.25) is 14.4 Å². The van der Waals surface area contributed by atoms with E-state index in [4.69, 9.17) is 4.74 Å². The Hall–Kier alpha value is -0.800. The first kappa shape index (κ1) is 37.4. The van der Waals surface area contributed by atoms with E-state index in [0.29, 0.717) is 43.9 Å². The summed E-state index contributed by atoms with van der Waals surface area (Å²) >= 11 is 0. The highest BCUT2D eigenvalue weighted by Crippen LogP contribution is 2.37. The number of aliphatic carboxylic acids is 1. The molecule has 242 valence electrons. The minimum Gasteiger partial charge on any atom is -0.480 e. The van der Waals surface area contributed by atoms with Crippen molar-refractivity contribution >= 4 is 66.9 Å². The monoisotopic (exact) mass is 668 g/mol. The number of carboxylic acid groups (broad SMARTS) is 1. The number of hydrogen-bond donors (Lipinski definition) is 3. The van der Waals surface area contributed by atoms with E-state index >= 15 is 0 Å². The van der Waals surface area contributed by atoms with Gasteiger partial charge in [0.25, 0.3) is 0 Å². The van der Waals surface area contributed by atoms with Gasteiger partial charge in [-0.05, 0) is 52.4 Å². The Balaban J connectivity index is 1.81. The van der Waals surface area contributed by atoms with E-state index in [1.807, 2.05) is 27.7 Å². The van der Waals surface area contributed by atoms with Crippen LogP contribution in [0.1, 0.15) is 79.1 Å². The van der Waals surface area contributed by atoms with Crippen LogP contribution in [0.15, 0.2) is 0 Å². The number of carboxylic acids is 1. The number of esters is 1. The van der Waals surface area contributed by atoms with Gasteiger partial charge in [-0.1, -0.05) is 63.4 Å². The van der Waals surface area contributed by atoms with E-state index in [1.165, 1.54) is 4.90 Å². The molecule has 0 aromatic heterocycles. The van der Waals surface area contributed by atoms with E-state index < -0.39 is 24.3 Å². The van der Waals surface area contributed by atoms with Crippen LogP contribution < -0.4 is 0 Å². The number of ether oxygens (including phenoxy) is 1. The lowest BCUT2D eigenvalue weighted by Crippen LogP contribution is -2.45. The van der Waals surface area contributed by atoms with Gasteiger partial charge in [0.2, 0.25) is 11.8 Å². The zero-order valence-electron chi connectivity index (χ0n) is 25.1. The minimum absolute atomic E-state index is 0.0503. The van der Waals surface area contributed by atoms with Crippen LogP contribution in [0.5, 0.6) is 0 Å². The summed E-state index contributed by atoms with van der Waals surface area (Å²) in [4.78, 5) is 52.2. The number of carbonyl (C=O) groups is 4. The maximum absolute atomic E-state index is 12.9. The van der Waals surface area contributed by atoms with Gasteiger partial charge < -0.3 is 29.9 Å². The van der Waals surface area contributed by atoms with Gasteiger partial charge in [0, 0.05) is 53.9 Å². The van der Waals surface area contributed by atoms with Crippen LogP contribution >= 0.6 is 43.2 Å². The average molecular weight is 669 g/mol. The number of carbonyl (C=O) groups excluding carboxylic acids is 3. The first-order chi connectivity index (χ1) is 19.9. The number of hydrogen-bond acceptors (Lipinski definition) is 11. The number of unbranched alkanes of at least 4 members (excludes halogenated alkanes) is 1. The zero-order valence-corrected chi connectivity index (χ0v) is 28.4. The average Bonchev–Trinajstić information content (AvgIpc) is 3.62. The van der Waals surface area contributed by atoms with Crippen molar-refractivity contribution in [1.29, 1.82) is 0 Å². The molecule has 0 spiro atoms. The minimum atomic E-state index is -1.52. The van der Waals surface area contributed by atoms with Crippen LogP contribution in [0.2, 0.25) is 0 Å². The molecule has 2 aliphatic rings. The third-order valence-electron chi connectivity index (χ3n) is 7.29. The van der Waals surface area contributed by atoms with Crippen molar-refractivity contribution in [3.05, 3.63) is 0 Å². The summed E-state index contributed by atoms with van der Waals surface area (Å²) in [5.74, 6) is 0.237. The predicted molar refractivity (Wildman–Crippen MR) is 172 cm³/mol. The summed E-state index contributed by atoms with van der Waals surface area (Å²) in [5, 5.41) is 28.9. The maximum atomic E-state index is 12.9. The van der Waals surface area contributed by atoms with E-state index in [1.54, 1.807) is 48.1 Å². The number of nitrogens with zero attached hydrogens (tertiary/aromatic N) is 2. The molecule has 2 rings (SSSR count). The molecule has 0 aromatic carbocycles. The molecule has 10 nitrogen and oxygen atoms in total. The summed E-state index contributed by atoms with van der Waals surface area (Å²) in [6.45, 7) is 8.45. The third-order valence-corrected chi connectivity index (χ3v) is 13.2. The fourth-order valence-corrected chi connectivity index (χ4v) is 11.3. The van der Waals surface area contributed by atoms with Crippen molar-refractivity contribution < 1.29 is 39.2 Å². The molecule has 0 saturated carbocycles. The Bertz CT molecular complexity index is 881. The number of aliphatic hydroxyl groups excluding tert-OH is 1. The summed E-state index contributed by atoms with van der Waals surface area (Å²) < 4.78 is 5.23. The van der Waals surface area contributed by atoms with Crippen LogP contribution in [-0.4, -0.2) is 109 Å². The Morgan fingerprint density at radius 2 is 1.43 bits per heavy atom. The predicted octanol–water partition coefficient (Wildman–Crippen LogP) is 4.28. The summed E-state index contributed by atoms with van der Waals surface area (Å²) in [6.07, 6.45) is 3.85. The van der Waals surface area contributed by atoms with Crippen LogP contribution in [0.3, 0.4) is 0 Å². The second-order valence-electron chi connectivity index (χ2n) is 11.3. The lowest BCUT2D eigenvalue weighted by molar-refractivity contribution is -0.149. The second-order valence-corrected chi connectivity index (χ2v) is 16.6. The Morgan fingerprint density at radius 1 is 0.833 bits per heavy atom. The Kier molecular flexibility index (Phi) is 17.4. The smallest absolute Gasteiger partial charge is 0.326 e. The number of amides is 2. The largest absolute Gasteiger partial charge is 0.480 e. The SMILES string of the molecule is CC(C)OC(=O)CCCCC(CSSCC(C)C(=O)N1CCCC1C(=O)O)SSCC(C)C(=O)N1CCCC1C(O)O.